The van der Waals surface area contributed by atoms with Gasteiger partial charge in [-0.1, -0.05) is 6.07 Å². The maximum Gasteiger partial charge on any atom is 0.324 e. The third-order valence-electron chi connectivity index (χ3n) is 5.46. The minimum Gasteiger partial charge on any atom is -0.465 e. The summed E-state index contributed by atoms with van der Waals surface area (Å²) in [6.07, 6.45) is 4.93. The summed E-state index contributed by atoms with van der Waals surface area (Å²) in [6, 6.07) is 3.80. The SMILES string of the molecule is CCOC(=O)[C@H](CNC(=O)[C@H]1C[C@@H](Cc2ccc3c(n2)NCCC3)C1)NC. The van der Waals surface area contributed by atoms with Gasteiger partial charge in [-0.15, -0.1) is 0 Å². The smallest absolute Gasteiger partial charge is 0.324 e. The number of amides is 1. The predicted molar refractivity (Wildman–Crippen MR) is 103 cm³/mol. The molecule has 0 unspecified atom stereocenters. The van der Waals surface area contributed by atoms with Crippen molar-refractivity contribution < 1.29 is 14.3 Å². The molecule has 1 fully saturated rings. The summed E-state index contributed by atoms with van der Waals surface area (Å²) in [6.45, 7) is 3.36. The van der Waals surface area contributed by atoms with Gasteiger partial charge in [0, 0.05) is 24.7 Å². The first kappa shape index (κ1) is 19.6. The lowest BCUT2D eigenvalue weighted by molar-refractivity contribution is -0.145. The molecule has 1 amide bonds. The number of aromatic nitrogens is 1. The Hall–Kier alpha value is -2.15. The van der Waals surface area contributed by atoms with Crippen LogP contribution in [0.5, 0.6) is 0 Å². The molecule has 0 radical (unpaired) electrons. The molecule has 0 spiro atoms. The van der Waals surface area contributed by atoms with Crippen LogP contribution in [0.15, 0.2) is 12.1 Å². The van der Waals surface area contributed by atoms with Crippen LogP contribution in [0, 0.1) is 11.8 Å². The second kappa shape index (κ2) is 9.17. The van der Waals surface area contributed by atoms with E-state index in [4.69, 9.17) is 9.72 Å². The molecular formula is C20H30N4O3. The Balaban J connectivity index is 1.41. The van der Waals surface area contributed by atoms with Crippen molar-refractivity contribution in [3.63, 3.8) is 0 Å². The van der Waals surface area contributed by atoms with Crippen LogP contribution in [-0.4, -0.2) is 49.6 Å². The van der Waals surface area contributed by atoms with Crippen LogP contribution in [0.25, 0.3) is 0 Å². The van der Waals surface area contributed by atoms with Crippen LogP contribution in [0.4, 0.5) is 5.82 Å². The van der Waals surface area contributed by atoms with Gasteiger partial charge in [-0.3, -0.25) is 9.59 Å². The lowest BCUT2D eigenvalue weighted by Crippen LogP contribution is -2.48. The van der Waals surface area contributed by atoms with Gasteiger partial charge in [0.25, 0.3) is 0 Å². The van der Waals surface area contributed by atoms with Gasteiger partial charge >= 0.3 is 5.97 Å². The molecule has 2 aliphatic rings. The van der Waals surface area contributed by atoms with Crippen LogP contribution in [0.2, 0.25) is 0 Å². The third-order valence-corrected chi connectivity index (χ3v) is 5.46. The number of carbonyl (C=O) groups is 2. The molecule has 1 aromatic heterocycles. The summed E-state index contributed by atoms with van der Waals surface area (Å²) >= 11 is 0. The van der Waals surface area contributed by atoms with Crippen LogP contribution >= 0.6 is 0 Å². The van der Waals surface area contributed by atoms with E-state index in [1.807, 2.05) is 0 Å². The number of nitrogens with zero attached hydrogens (tertiary/aromatic N) is 1. The van der Waals surface area contributed by atoms with Gasteiger partial charge < -0.3 is 20.7 Å². The van der Waals surface area contributed by atoms with Crippen molar-refractivity contribution in [1.29, 1.82) is 0 Å². The number of likely N-dealkylation sites (N-methyl/N-ethyl adjacent to an activating group) is 1. The Morgan fingerprint density at radius 3 is 2.93 bits per heavy atom. The summed E-state index contributed by atoms with van der Waals surface area (Å²) < 4.78 is 4.99. The standard InChI is InChI=1S/C20H30N4O3/c1-3-27-20(26)17(21-2)12-23-19(25)15-9-13(10-15)11-16-7-6-14-5-4-8-22-18(14)24-16/h6-7,13,15,17,21H,3-5,8-12H2,1-2H3,(H,22,24)(H,23,25)/t13-,15+,17-/m0/s1. The highest BCUT2D eigenvalue weighted by Crippen LogP contribution is 2.36. The Morgan fingerprint density at radius 2 is 2.19 bits per heavy atom. The number of hydrogen-bond acceptors (Lipinski definition) is 6. The monoisotopic (exact) mass is 374 g/mol. The van der Waals surface area contributed by atoms with Crippen molar-refractivity contribution in [3.05, 3.63) is 23.4 Å². The van der Waals surface area contributed by atoms with Crippen molar-refractivity contribution in [2.24, 2.45) is 11.8 Å². The molecule has 1 aliphatic heterocycles. The quantitative estimate of drug-likeness (QED) is 0.594. The summed E-state index contributed by atoms with van der Waals surface area (Å²) in [4.78, 5) is 28.8. The van der Waals surface area contributed by atoms with E-state index in [1.165, 1.54) is 5.56 Å². The molecule has 0 bridgehead atoms. The predicted octanol–water partition coefficient (Wildman–Crippen LogP) is 1.28. The molecule has 1 saturated carbocycles. The largest absolute Gasteiger partial charge is 0.465 e. The maximum absolute atomic E-state index is 12.3. The zero-order valence-corrected chi connectivity index (χ0v) is 16.2. The summed E-state index contributed by atoms with van der Waals surface area (Å²) in [5.74, 6) is 1.25. The minimum absolute atomic E-state index is 0.0239. The highest BCUT2D eigenvalue weighted by Gasteiger charge is 2.35. The van der Waals surface area contributed by atoms with E-state index in [2.05, 4.69) is 28.1 Å². The number of ether oxygens (including phenoxy) is 1. The Kier molecular flexibility index (Phi) is 6.66. The second-order valence-corrected chi connectivity index (χ2v) is 7.42. The van der Waals surface area contributed by atoms with Gasteiger partial charge in [-0.05, 0) is 63.6 Å². The lowest BCUT2D eigenvalue weighted by atomic mass is 9.72. The first-order valence-electron chi connectivity index (χ1n) is 9.95. The molecule has 148 valence electrons. The Bertz CT molecular complexity index is 673. The molecular weight excluding hydrogens is 344 g/mol. The number of pyridine rings is 1. The van der Waals surface area contributed by atoms with Crippen molar-refractivity contribution >= 4 is 17.7 Å². The van der Waals surface area contributed by atoms with Crippen molar-refractivity contribution in [2.45, 2.75) is 45.1 Å². The van der Waals surface area contributed by atoms with Gasteiger partial charge in [0.1, 0.15) is 11.9 Å². The summed E-state index contributed by atoms with van der Waals surface area (Å²) in [5.41, 5.74) is 2.40. The van der Waals surface area contributed by atoms with Gasteiger partial charge in [0.2, 0.25) is 5.91 Å². The number of hydrogen-bond donors (Lipinski definition) is 3. The van der Waals surface area contributed by atoms with Crippen molar-refractivity contribution in [3.8, 4) is 0 Å². The molecule has 1 aliphatic carbocycles. The summed E-state index contributed by atoms with van der Waals surface area (Å²) in [5, 5.41) is 9.12. The normalized spacial score (nSPS) is 22.0. The van der Waals surface area contributed by atoms with Crippen molar-refractivity contribution in [1.82, 2.24) is 15.6 Å². The highest BCUT2D eigenvalue weighted by molar-refractivity contribution is 5.81. The molecule has 27 heavy (non-hydrogen) atoms. The molecule has 1 atom stereocenters. The fraction of sp³-hybridized carbons (Fsp3) is 0.650. The number of carbonyl (C=O) groups excluding carboxylic acids is 2. The average molecular weight is 374 g/mol. The molecule has 0 aromatic carbocycles. The summed E-state index contributed by atoms with van der Waals surface area (Å²) in [7, 11) is 1.69. The van der Waals surface area contributed by atoms with E-state index in [0.717, 1.165) is 50.2 Å². The average Bonchev–Trinajstić information content (AvgIpc) is 2.64. The topological polar surface area (TPSA) is 92.3 Å². The number of aryl methyl sites for hydroxylation is 1. The van der Waals surface area contributed by atoms with Crippen LogP contribution in [0.1, 0.15) is 37.4 Å². The number of fused-ring (bicyclic) bond motifs is 1. The van der Waals surface area contributed by atoms with Gasteiger partial charge in [0.15, 0.2) is 0 Å². The lowest BCUT2D eigenvalue weighted by Gasteiger charge is -2.34. The zero-order valence-electron chi connectivity index (χ0n) is 16.2. The van der Waals surface area contributed by atoms with E-state index in [1.54, 1.807) is 14.0 Å². The number of anilines is 1. The fourth-order valence-corrected chi connectivity index (χ4v) is 3.79. The van der Waals surface area contributed by atoms with Crippen molar-refractivity contribution in [2.75, 3.05) is 32.1 Å². The molecule has 0 saturated heterocycles. The van der Waals surface area contributed by atoms with Gasteiger partial charge in [0.05, 0.1) is 6.61 Å². The third kappa shape index (κ3) is 4.97. The van der Waals surface area contributed by atoms with E-state index >= 15 is 0 Å². The highest BCUT2D eigenvalue weighted by atomic mass is 16.5. The first-order valence-corrected chi connectivity index (χ1v) is 9.95. The Morgan fingerprint density at radius 1 is 1.37 bits per heavy atom. The van der Waals surface area contributed by atoms with Gasteiger partial charge in [-0.2, -0.15) is 0 Å². The van der Waals surface area contributed by atoms with E-state index in [0.29, 0.717) is 12.5 Å². The fourth-order valence-electron chi connectivity index (χ4n) is 3.79. The molecule has 2 heterocycles. The molecule has 7 heteroatoms. The minimum atomic E-state index is -0.503. The van der Waals surface area contributed by atoms with E-state index < -0.39 is 6.04 Å². The second-order valence-electron chi connectivity index (χ2n) is 7.42. The van der Waals surface area contributed by atoms with Crippen LogP contribution in [0.3, 0.4) is 0 Å². The van der Waals surface area contributed by atoms with Gasteiger partial charge in [-0.25, -0.2) is 4.98 Å². The zero-order chi connectivity index (χ0) is 19.2. The molecule has 7 nitrogen and oxygen atoms in total. The number of rotatable bonds is 8. The maximum atomic E-state index is 12.3. The first-order chi connectivity index (χ1) is 13.1. The van der Waals surface area contributed by atoms with E-state index in [9.17, 15) is 9.59 Å². The molecule has 3 rings (SSSR count). The Labute approximate surface area is 160 Å². The van der Waals surface area contributed by atoms with Crippen LogP contribution < -0.4 is 16.0 Å². The number of nitrogens with one attached hydrogen (secondary N) is 3. The number of esters is 1. The van der Waals surface area contributed by atoms with E-state index in [-0.39, 0.29) is 24.3 Å². The molecule has 3 N–H and O–H groups in total. The molecule has 1 aromatic rings. The van der Waals surface area contributed by atoms with Crippen LogP contribution in [-0.2, 0) is 27.2 Å².